The molecule has 0 unspecified atom stereocenters. The zero-order valence-electron chi connectivity index (χ0n) is 11.6. The van der Waals surface area contributed by atoms with E-state index in [4.69, 9.17) is 17.3 Å². The van der Waals surface area contributed by atoms with Crippen LogP contribution in [0.5, 0.6) is 0 Å². The molecule has 0 aliphatic heterocycles. The van der Waals surface area contributed by atoms with Gasteiger partial charge in [-0.1, -0.05) is 60.1 Å². The highest BCUT2D eigenvalue weighted by Crippen LogP contribution is 2.37. The summed E-state index contributed by atoms with van der Waals surface area (Å²) in [5, 5.41) is 5.27. The van der Waals surface area contributed by atoms with E-state index in [0.717, 1.165) is 38.6 Å². The van der Waals surface area contributed by atoms with Crippen molar-refractivity contribution in [2.75, 3.05) is 0 Å². The Morgan fingerprint density at radius 3 is 2.33 bits per heavy atom. The van der Waals surface area contributed by atoms with Gasteiger partial charge in [0.1, 0.15) is 0 Å². The molecule has 0 radical (unpaired) electrons. The van der Waals surface area contributed by atoms with E-state index in [9.17, 15) is 0 Å². The summed E-state index contributed by atoms with van der Waals surface area (Å²) >= 11 is 6.67. The van der Waals surface area contributed by atoms with Crippen LogP contribution in [0.1, 0.15) is 11.1 Å². The number of nitrogens with two attached hydrogens (primary N) is 1. The van der Waals surface area contributed by atoms with E-state index in [2.05, 4.69) is 36.9 Å². The highest BCUT2D eigenvalue weighted by Gasteiger charge is 2.13. The van der Waals surface area contributed by atoms with Gasteiger partial charge in [-0.15, -0.1) is 19.0 Å². The molecule has 0 saturated heterocycles. The lowest BCUT2D eigenvalue weighted by molar-refractivity contribution is 1.10. The van der Waals surface area contributed by atoms with Crippen LogP contribution in [0.15, 0.2) is 55.1 Å². The number of allylic oxidation sites excluding steroid dienone is 1. The molecule has 3 rings (SSSR count). The van der Waals surface area contributed by atoms with Gasteiger partial charge >= 0.3 is 0 Å². The lowest BCUT2D eigenvalue weighted by Gasteiger charge is -2.14. The molecule has 0 aliphatic rings. The Labute approximate surface area is 135 Å². The maximum absolute atomic E-state index is 6.67. The molecule has 21 heavy (non-hydrogen) atoms. The van der Waals surface area contributed by atoms with E-state index in [1.165, 1.54) is 5.56 Å². The van der Waals surface area contributed by atoms with E-state index >= 15 is 0 Å². The van der Waals surface area contributed by atoms with E-state index in [0.29, 0.717) is 6.54 Å². The predicted octanol–water partition coefficient (Wildman–Crippen LogP) is 5.26. The maximum Gasteiger partial charge on any atom is 0.0565 e. The summed E-state index contributed by atoms with van der Waals surface area (Å²) in [4.78, 5) is 0. The molecule has 108 valence electrons. The van der Waals surface area contributed by atoms with Gasteiger partial charge in [-0.3, -0.25) is 0 Å². The minimum absolute atomic E-state index is 0. The Morgan fingerprint density at radius 1 is 1.00 bits per heavy atom. The van der Waals surface area contributed by atoms with Crippen LogP contribution in [0, 0.1) is 0 Å². The summed E-state index contributed by atoms with van der Waals surface area (Å²) in [6, 6.07) is 14.4. The first-order valence-corrected chi connectivity index (χ1v) is 7.07. The molecule has 0 heterocycles. The smallest absolute Gasteiger partial charge is 0.0565 e. The molecule has 0 atom stereocenters. The van der Waals surface area contributed by atoms with Gasteiger partial charge < -0.3 is 5.73 Å². The van der Waals surface area contributed by atoms with Gasteiger partial charge in [-0.2, -0.15) is 0 Å². The lowest BCUT2D eigenvalue weighted by Crippen LogP contribution is -2.00. The summed E-state index contributed by atoms with van der Waals surface area (Å²) in [6.07, 6.45) is 2.71. The zero-order valence-corrected chi connectivity index (χ0v) is 13.2. The molecular formula is C18H17Cl2N. The molecule has 0 spiro atoms. The van der Waals surface area contributed by atoms with Crippen molar-refractivity contribution < 1.29 is 0 Å². The van der Waals surface area contributed by atoms with Crippen molar-refractivity contribution in [3.8, 4) is 0 Å². The third kappa shape index (κ3) is 2.53. The Morgan fingerprint density at radius 2 is 1.67 bits per heavy atom. The van der Waals surface area contributed by atoms with Gasteiger partial charge in [0.05, 0.1) is 5.02 Å². The summed E-state index contributed by atoms with van der Waals surface area (Å²) in [5.41, 5.74) is 8.35. The van der Waals surface area contributed by atoms with Crippen LogP contribution in [0.2, 0.25) is 5.02 Å². The Hall–Kier alpha value is -1.54. The molecule has 0 amide bonds. The molecule has 0 bridgehead atoms. The second-order valence-electron chi connectivity index (χ2n) is 4.87. The largest absolute Gasteiger partial charge is 0.326 e. The molecule has 0 aromatic heterocycles. The number of fused-ring (bicyclic) bond motifs is 2. The van der Waals surface area contributed by atoms with Gasteiger partial charge in [0.25, 0.3) is 0 Å². The monoisotopic (exact) mass is 317 g/mol. The van der Waals surface area contributed by atoms with Crippen molar-refractivity contribution in [1.82, 2.24) is 0 Å². The highest BCUT2D eigenvalue weighted by molar-refractivity contribution is 6.41. The van der Waals surface area contributed by atoms with Crippen LogP contribution in [-0.2, 0) is 13.0 Å². The van der Waals surface area contributed by atoms with E-state index in [1.807, 2.05) is 18.2 Å². The summed E-state index contributed by atoms with van der Waals surface area (Å²) in [5.74, 6) is 0. The van der Waals surface area contributed by atoms with Crippen LogP contribution >= 0.6 is 24.0 Å². The summed E-state index contributed by atoms with van der Waals surface area (Å²) < 4.78 is 0. The quantitative estimate of drug-likeness (QED) is 0.517. The fourth-order valence-corrected chi connectivity index (χ4v) is 3.26. The SMILES string of the molecule is C=CCc1cccc2c(CN)c3ccccc3c(Cl)c12.Cl. The van der Waals surface area contributed by atoms with E-state index in [1.54, 1.807) is 0 Å². The number of benzene rings is 3. The Bertz CT molecular complexity index is 809. The highest BCUT2D eigenvalue weighted by atomic mass is 35.5. The molecule has 2 N–H and O–H groups in total. The first-order chi connectivity index (χ1) is 9.77. The molecule has 0 aliphatic carbocycles. The molecule has 3 aromatic carbocycles. The van der Waals surface area contributed by atoms with Gasteiger partial charge in [-0.25, -0.2) is 0 Å². The molecule has 3 aromatic rings. The summed E-state index contributed by atoms with van der Waals surface area (Å²) in [6.45, 7) is 4.34. The standard InChI is InChI=1S/C18H16ClN.ClH/c1-2-6-12-7-5-10-14-16(11-20)13-8-3-4-9-15(13)18(19)17(12)14;/h2-5,7-10H,1,6,11,20H2;1H. The second-order valence-corrected chi connectivity index (χ2v) is 5.25. The van der Waals surface area contributed by atoms with Crippen molar-refractivity contribution in [2.45, 2.75) is 13.0 Å². The third-order valence-corrected chi connectivity index (χ3v) is 4.14. The fraction of sp³-hybridized carbons (Fsp3) is 0.111. The number of hydrogen-bond donors (Lipinski definition) is 1. The predicted molar refractivity (Wildman–Crippen MR) is 95.5 cm³/mol. The van der Waals surface area contributed by atoms with E-state index in [-0.39, 0.29) is 12.4 Å². The molecular weight excluding hydrogens is 301 g/mol. The van der Waals surface area contributed by atoms with Crippen molar-refractivity contribution in [3.63, 3.8) is 0 Å². The normalized spacial score (nSPS) is 10.6. The topological polar surface area (TPSA) is 26.0 Å². The molecule has 0 fully saturated rings. The molecule has 3 heteroatoms. The van der Waals surface area contributed by atoms with Crippen LogP contribution in [0.3, 0.4) is 0 Å². The van der Waals surface area contributed by atoms with E-state index < -0.39 is 0 Å². The van der Waals surface area contributed by atoms with Gasteiger partial charge in [-0.05, 0) is 28.3 Å². The Balaban J connectivity index is 0.00000161. The number of rotatable bonds is 3. The van der Waals surface area contributed by atoms with Gasteiger partial charge in [0, 0.05) is 17.3 Å². The number of halogens is 2. The van der Waals surface area contributed by atoms with Crippen LogP contribution in [0.25, 0.3) is 21.5 Å². The van der Waals surface area contributed by atoms with Crippen LogP contribution < -0.4 is 5.73 Å². The average Bonchev–Trinajstić information content (AvgIpc) is 2.48. The first kappa shape index (κ1) is 15.8. The fourth-order valence-electron chi connectivity index (χ4n) is 2.87. The molecule has 1 nitrogen and oxygen atoms in total. The van der Waals surface area contributed by atoms with Crippen molar-refractivity contribution >= 4 is 45.6 Å². The van der Waals surface area contributed by atoms with Gasteiger partial charge in [0.2, 0.25) is 0 Å². The van der Waals surface area contributed by atoms with Crippen molar-refractivity contribution in [3.05, 3.63) is 71.3 Å². The molecule has 0 saturated carbocycles. The van der Waals surface area contributed by atoms with Crippen molar-refractivity contribution in [1.29, 1.82) is 0 Å². The minimum Gasteiger partial charge on any atom is -0.326 e. The minimum atomic E-state index is 0. The summed E-state index contributed by atoms with van der Waals surface area (Å²) in [7, 11) is 0. The average molecular weight is 318 g/mol. The van der Waals surface area contributed by atoms with Crippen LogP contribution in [-0.4, -0.2) is 0 Å². The number of hydrogen-bond acceptors (Lipinski definition) is 1. The van der Waals surface area contributed by atoms with Crippen molar-refractivity contribution in [2.24, 2.45) is 5.73 Å². The third-order valence-electron chi connectivity index (χ3n) is 3.75. The first-order valence-electron chi connectivity index (χ1n) is 6.69. The zero-order chi connectivity index (χ0) is 14.1. The van der Waals surface area contributed by atoms with Gasteiger partial charge in [0.15, 0.2) is 0 Å². The lowest BCUT2D eigenvalue weighted by atomic mass is 9.93. The second kappa shape index (κ2) is 6.48. The van der Waals surface area contributed by atoms with Crippen LogP contribution in [0.4, 0.5) is 0 Å². The Kier molecular flexibility index (Phi) is 4.89. The maximum atomic E-state index is 6.67.